The summed E-state index contributed by atoms with van der Waals surface area (Å²) < 4.78 is 5.47. The number of carbonyl (C=O) groups is 3. The lowest BCUT2D eigenvalue weighted by Crippen LogP contribution is -2.35. The monoisotopic (exact) mass is 416 g/mol. The Morgan fingerprint density at radius 3 is 2.52 bits per heavy atom. The van der Waals surface area contributed by atoms with Crippen LogP contribution in [-0.2, 0) is 14.4 Å². The van der Waals surface area contributed by atoms with Crippen LogP contribution in [0.3, 0.4) is 0 Å². The van der Waals surface area contributed by atoms with Gasteiger partial charge >= 0.3 is 11.8 Å². The summed E-state index contributed by atoms with van der Waals surface area (Å²) in [6.07, 6.45) is 1.32. The standard InChI is InChI=1S/C20H21ClN4O4/c1-12-4-6-16(13(2)8-12)24-18(26)11-29-17-7-5-14(9-15(17)21)10-23-25-20(28)19(27)22-3/h4-10H,11H2,1-3H3,(H,22,27)(H,24,26)(H,25,28)/b23-10-. The minimum absolute atomic E-state index is 0.206. The molecule has 0 fully saturated rings. The number of hydrogen-bond donors (Lipinski definition) is 3. The molecule has 0 unspecified atom stereocenters. The summed E-state index contributed by atoms with van der Waals surface area (Å²) in [6.45, 7) is 3.69. The normalized spacial score (nSPS) is 10.5. The van der Waals surface area contributed by atoms with Crippen molar-refractivity contribution in [2.75, 3.05) is 19.0 Å². The highest BCUT2D eigenvalue weighted by Crippen LogP contribution is 2.25. The Kier molecular flexibility index (Phi) is 7.73. The van der Waals surface area contributed by atoms with Crippen LogP contribution in [0.1, 0.15) is 16.7 Å². The van der Waals surface area contributed by atoms with E-state index in [0.717, 1.165) is 16.8 Å². The molecule has 9 heteroatoms. The molecule has 0 aliphatic carbocycles. The summed E-state index contributed by atoms with van der Waals surface area (Å²) in [7, 11) is 1.34. The second kappa shape index (κ2) is 10.2. The maximum atomic E-state index is 12.1. The largest absolute Gasteiger partial charge is 0.482 e. The zero-order valence-electron chi connectivity index (χ0n) is 16.2. The molecule has 29 heavy (non-hydrogen) atoms. The molecule has 3 N–H and O–H groups in total. The number of anilines is 1. The summed E-state index contributed by atoms with van der Waals surface area (Å²) in [5.74, 6) is -1.67. The van der Waals surface area contributed by atoms with E-state index in [1.54, 1.807) is 18.2 Å². The number of carbonyl (C=O) groups excluding carboxylic acids is 3. The molecule has 0 saturated carbocycles. The molecule has 0 bridgehead atoms. The minimum Gasteiger partial charge on any atom is -0.482 e. The Balaban J connectivity index is 1.90. The van der Waals surface area contributed by atoms with Crippen molar-refractivity contribution >= 4 is 41.2 Å². The summed E-state index contributed by atoms with van der Waals surface area (Å²) in [6, 6.07) is 10.5. The van der Waals surface area contributed by atoms with Crippen molar-refractivity contribution in [1.29, 1.82) is 0 Å². The zero-order chi connectivity index (χ0) is 21.4. The van der Waals surface area contributed by atoms with Crippen molar-refractivity contribution in [2.24, 2.45) is 5.10 Å². The van der Waals surface area contributed by atoms with E-state index in [4.69, 9.17) is 16.3 Å². The number of hydrazone groups is 1. The number of benzene rings is 2. The van der Waals surface area contributed by atoms with Crippen LogP contribution in [-0.4, -0.2) is 37.6 Å². The molecule has 8 nitrogen and oxygen atoms in total. The number of nitrogens with zero attached hydrogens (tertiary/aromatic N) is 1. The summed E-state index contributed by atoms with van der Waals surface area (Å²) in [5, 5.41) is 8.91. The Labute approximate surface area is 173 Å². The Bertz CT molecular complexity index is 959. The lowest BCUT2D eigenvalue weighted by Gasteiger charge is -2.11. The van der Waals surface area contributed by atoms with Gasteiger partial charge in [0.1, 0.15) is 5.75 Å². The highest BCUT2D eigenvalue weighted by atomic mass is 35.5. The molecule has 0 spiro atoms. The lowest BCUT2D eigenvalue weighted by molar-refractivity contribution is -0.138. The Hall–Kier alpha value is -3.39. The van der Waals surface area contributed by atoms with Crippen molar-refractivity contribution in [2.45, 2.75) is 13.8 Å². The van der Waals surface area contributed by atoms with Crippen LogP contribution in [0.2, 0.25) is 5.02 Å². The minimum atomic E-state index is -0.885. The quantitative estimate of drug-likeness (QED) is 0.381. The Morgan fingerprint density at radius 2 is 1.86 bits per heavy atom. The average molecular weight is 417 g/mol. The van der Waals surface area contributed by atoms with Crippen molar-refractivity contribution < 1.29 is 19.1 Å². The van der Waals surface area contributed by atoms with Crippen LogP contribution >= 0.6 is 11.6 Å². The molecular formula is C20H21ClN4O4. The van der Waals surface area contributed by atoms with Gasteiger partial charge in [-0.25, -0.2) is 5.43 Å². The SMILES string of the molecule is CNC(=O)C(=O)N/N=C\c1ccc(OCC(=O)Nc2ccc(C)cc2C)c(Cl)c1. The summed E-state index contributed by atoms with van der Waals surface area (Å²) >= 11 is 6.16. The van der Waals surface area contributed by atoms with E-state index in [1.807, 2.05) is 32.0 Å². The first-order valence-electron chi connectivity index (χ1n) is 8.64. The fourth-order valence-electron chi connectivity index (χ4n) is 2.33. The van der Waals surface area contributed by atoms with Crippen molar-refractivity contribution in [3.8, 4) is 5.75 Å². The molecule has 0 radical (unpaired) electrons. The third-order valence-electron chi connectivity index (χ3n) is 3.78. The summed E-state index contributed by atoms with van der Waals surface area (Å²) in [5.41, 5.74) is 5.44. The first kappa shape index (κ1) is 21.9. The van der Waals surface area contributed by atoms with Gasteiger partial charge in [-0.15, -0.1) is 0 Å². The average Bonchev–Trinajstić information content (AvgIpc) is 2.68. The highest BCUT2D eigenvalue weighted by molar-refractivity contribution is 6.35. The molecular weight excluding hydrogens is 396 g/mol. The number of aryl methyl sites for hydroxylation is 2. The van der Waals surface area contributed by atoms with Gasteiger partial charge in [-0.3, -0.25) is 14.4 Å². The van der Waals surface area contributed by atoms with Gasteiger partial charge in [-0.2, -0.15) is 5.10 Å². The molecule has 3 amide bonds. The predicted octanol–water partition coefficient (Wildman–Crippen LogP) is 2.17. The maximum absolute atomic E-state index is 12.1. The van der Waals surface area contributed by atoms with E-state index in [1.165, 1.54) is 13.3 Å². The fraction of sp³-hybridized carbons (Fsp3) is 0.200. The van der Waals surface area contributed by atoms with Crippen molar-refractivity contribution in [1.82, 2.24) is 10.7 Å². The van der Waals surface area contributed by atoms with Gasteiger partial charge in [0.2, 0.25) is 0 Å². The number of hydrogen-bond acceptors (Lipinski definition) is 5. The maximum Gasteiger partial charge on any atom is 0.329 e. The lowest BCUT2D eigenvalue weighted by atomic mass is 10.1. The van der Waals surface area contributed by atoms with E-state index >= 15 is 0 Å². The topological polar surface area (TPSA) is 109 Å². The van der Waals surface area contributed by atoms with Crippen LogP contribution in [0.15, 0.2) is 41.5 Å². The number of amides is 3. The van der Waals surface area contributed by atoms with Crippen molar-refractivity contribution in [3.63, 3.8) is 0 Å². The molecule has 0 aromatic heterocycles. The van der Waals surface area contributed by atoms with E-state index in [2.05, 4.69) is 21.2 Å². The summed E-state index contributed by atoms with van der Waals surface area (Å²) in [4.78, 5) is 34.5. The van der Waals surface area contributed by atoms with Crippen LogP contribution in [0, 0.1) is 13.8 Å². The van der Waals surface area contributed by atoms with Gasteiger partial charge in [-0.05, 0) is 49.2 Å². The molecule has 2 aromatic rings. The second-order valence-corrected chi connectivity index (χ2v) is 6.53. The Morgan fingerprint density at radius 1 is 1.10 bits per heavy atom. The molecule has 0 saturated heterocycles. The molecule has 0 aliphatic rings. The molecule has 2 aromatic carbocycles. The van der Waals surface area contributed by atoms with Crippen molar-refractivity contribution in [3.05, 3.63) is 58.1 Å². The van der Waals surface area contributed by atoms with Gasteiger partial charge in [0, 0.05) is 12.7 Å². The smallest absolute Gasteiger partial charge is 0.329 e. The van der Waals surface area contributed by atoms with Crippen LogP contribution in [0.25, 0.3) is 0 Å². The molecule has 152 valence electrons. The van der Waals surface area contributed by atoms with Crippen LogP contribution in [0.4, 0.5) is 5.69 Å². The third kappa shape index (κ3) is 6.62. The molecule has 0 aliphatic heterocycles. The molecule has 0 heterocycles. The number of rotatable bonds is 6. The van der Waals surface area contributed by atoms with E-state index < -0.39 is 11.8 Å². The van der Waals surface area contributed by atoms with Crippen LogP contribution < -0.4 is 20.8 Å². The van der Waals surface area contributed by atoms with E-state index in [9.17, 15) is 14.4 Å². The zero-order valence-corrected chi connectivity index (χ0v) is 17.0. The highest BCUT2D eigenvalue weighted by Gasteiger charge is 2.10. The van der Waals surface area contributed by atoms with Gasteiger partial charge in [0.15, 0.2) is 6.61 Å². The van der Waals surface area contributed by atoms with Gasteiger partial charge < -0.3 is 15.4 Å². The molecule has 0 atom stereocenters. The molecule has 2 rings (SSSR count). The fourth-order valence-corrected chi connectivity index (χ4v) is 2.57. The van der Waals surface area contributed by atoms with E-state index in [0.29, 0.717) is 11.3 Å². The third-order valence-corrected chi connectivity index (χ3v) is 4.08. The van der Waals surface area contributed by atoms with Crippen LogP contribution in [0.5, 0.6) is 5.75 Å². The number of halogens is 1. The van der Waals surface area contributed by atoms with Gasteiger partial charge in [-0.1, -0.05) is 29.3 Å². The first-order chi connectivity index (χ1) is 13.8. The van der Waals surface area contributed by atoms with Gasteiger partial charge in [0.05, 0.1) is 11.2 Å². The number of likely N-dealkylation sites (N-methyl/N-ethyl adjacent to an activating group) is 1. The predicted molar refractivity (Wildman–Crippen MR) is 111 cm³/mol. The van der Waals surface area contributed by atoms with Gasteiger partial charge in [0.25, 0.3) is 5.91 Å². The first-order valence-corrected chi connectivity index (χ1v) is 9.02. The van der Waals surface area contributed by atoms with E-state index in [-0.39, 0.29) is 17.5 Å². The second-order valence-electron chi connectivity index (χ2n) is 6.12. The number of ether oxygens (including phenoxy) is 1. The number of nitrogens with one attached hydrogen (secondary N) is 3.